The van der Waals surface area contributed by atoms with E-state index in [1.54, 1.807) is 0 Å². The molecule has 0 radical (unpaired) electrons. The van der Waals surface area contributed by atoms with Crippen molar-refractivity contribution in [2.45, 2.75) is 13.8 Å². The maximum atomic E-state index is 10.0. The number of ketones is 1. The molecule has 3 heterocycles. The Hall–Kier alpha value is -3.63. The first kappa shape index (κ1) is 26.4. The van der Waals surface area contributed by atoms with Crippen LogP contribution < -0.4 is 26.2 Å². The van der Waals surface area contributed by atoms with E-state index in [9.17, 15) is 4.79 Å². The number of allylic oxidation sites excluding steroid dienone is 2. The average molecular weight is 667 g/mol. The number of benzene rings is 3. The zero-order chi connectivity index (χ0) is 25.4. The molecular formula is C30H27BN3O2Pt-. The van der Waals surface area contributed by atoms with Gasteiger partial charge in [-0.1, -0.05) is 64.9 Å². The summed E-state index contributed by atoms with van der Waals surface area (Å²) in [4.78, 5) is 19.2. The zero-order valence-electron chi connectivity index (χ0n) is 21.2. The Kier molecular flexibility index (Phi) is 7.70. The van der Waals surface area contributed by atoms with E-state index in [0.717, 1.165) is 16.9 Å². The minimum absolute atomic E-state index is 0. The molecule has 1 N–H and O–H groups in total. The van der Waals surface area contributed by atoms with Crippen LogP contribution in [0.4, 0.5) is 22.7 Å². The van der Waals surface area contributed by atoms with Crippen LogP contribution in [0, 0.1) is 6.07 Å². The number of fused-ring (bicyclic) bond motifs is 4. The molecule has 0 saturated carbocycles. The van der Waals surface area contributed by atoms with Crippen LogP contribution >= 0.6 is 0 Å². The third kappa shape index (κ3) is 4.86. The molecule has 0 atom stereocenters. The van der Waals surface area contributed by atoms with Gasteiger partial charge < -0.3 is 19.9 Å². The summed E-state index contributed by atoms with van der Waals surface area (Å²) in [6.45, 7) is 3.06. The Bertz CT molecular complexity index is 1410. The van der Waals surface area contributed by atoms with E-state index >= 15 is 0 Å². The van der Waals surface area contributed by atoms with Crippen LogP contribution in [0.15, 0.2) is 90.8 Å². The van der Waals surface area contributed by atoms with E-state index in [2.05, 4.69) is 95.6 Å². The largest absolute Gasteiger partial charge is 0.512 e. The standard InChI is InChI=1S/C25H19BN3.C5H8O2.Pt/c1-28-21-12-5-3-9-18(21)26-19-10-4-6-13-22(19)29(2)24-16-17(15-23(28)25(24)26)20-11-7-8-14-27-20;1-4(6)3-5(2)7;/h3-15H,1-2H3;3,6H,1-2H3;/q-1;;/b;4-3-;. The molecule has 0 aliphatic carbocycles. The Morgan fingerprint density at radius 1 is 0.892 bits per heavy atom. The number of aliphatic hydroxyl groups excluding tert-OH is 1. The Balaban J connectivity index is 0.000000356. The summed E-state index contributed by atoms with van der Waals surface area (Å²) in [5, 5.41) is 8.36. The van der Waals surface area contributed by atoms with Gasteiger partial charge in [-0.15, -0.1) is 17.7 Å². The fraction of sp³-hybridized carbons (Fsp3) is 0.133. The van der Waals surface area contributed by atoms with E-state index in [0.29, 0.717) is 0 Å². The van der Waals surface area contributed by atoms with Crippen molar-refractivity contribution >= 4 is 51.6 Å². The van der Waals surface area contributed by atoms with Gasteiger partial charge in [0, 0.05) is 58.8 Å². The molecule has 0 unspecified atom stereocenters. The quantitative estimate of drug-likeness (QED) is 0.150. The molecule has 3 aromatic carbocycles. The van der Waals surface area contributed by atoms with Crippen molar-refractivity contribution in [3.05, 3.63) is 96.9 Å². The van der Waals surface area contributed by atoms with Gasteiger partial charge in [0.05, 0.1) is 5.76 Å². The fourth-order valence-electron chi connectivity index (χ4n) is 5.15. The Morgan fingerprint density at radius 2 is 1.49 bits per heavy atom. The van der Waals surface area contributed by atoms with Crippen LogP contribution in [0.2, 0.25) is 0 Å². The van der Waals surface area contributed by atoms with Gasteiger partial charge in [-0.2, -0.15) is 0 Å². The Morgan fingerprint density at radius 3 is 2.03 bits per heavy atom. The molecule has 37 heavy (non-hydrogen) atoms. The monoisotopic (exact) mass is 667 g/mol. The molecule has 5 nitrogen and oxygen atoms in total. The molecule has 4 aromatic rings. The molecule has 0 bridgehead atoms. The first-order valence-corrected chi connectivity index (χ1v) is 11.9. The van der Waals surface area contributed by atoms with Crippen molar-refractivity contribution in [3.8, 4) is 11.3 Å². The summed E-state index contributed by atoms with van der Waals surface area (Å²) < 4.78 is 0. The number of aromatic nitrogens is 1. The molecule has 0 amide bonds. The predicted molar refractivity (Wildman–Crippen MR) is 149 cm³/mol. The number of hydrogen-bond donors (Lipinski definition) is 1. The molecule has 0 saturated heterocycles. The summed E-state index contributed by atoms with van der Waals surface area (Å²) in [7, 11) is 4.30. The summed E-state index contributed by atoms with van der Waals surface area (Å²) in [6, 6.07) is 29.4. The molecule has 0 spiro atoms. The second kappa shape index (κ2) is 10.8. The van der Waals surface area contributed by atoms with E-state index in [1.165, 1.54) is 53.4 Å². The van der Waals surface area contributed by atoms with Gasteiger partial charge in [-0.3, -0.25) is 4.79 Å². The molecule has 188 valence electrons. The number of rotatable bonds is 2. The number of aliphatic hydroxyl groups is 1. The topological polar surface area (TPSA) is 56.7 Å². The zero-order valence-corrected chi connectivity index (χ0v) is 23.4. The molecule has 0 fully saturated rings. The SMILES string of the molecule is CC(=O)/C=C(/C)O.CN1c2[c-]c(-c3ccccn3)cc3c2B(c2ccccc21)c1ccccc1N3C.[Pt]. The van der Waals surface area contributed by atoms with Gasteiger partial charge in [0.25, 0.3) is 0 Å². The van der Waals surface area contributed by atoms with Crippen LogP contribution in [0.3, 0.4) is 0 Å². The van der Waals surface area contributed by atoms with Crippen LogP contribution in [0.25, 0.3) is 11.3 Å². The van der Waals surface area contributed by atoms with Crippen molar-refractivity contribution < 1.29 is 31.0 Å². The van der Waals surface area contributed by atoms with Crippen molar-refractivity contribution in [1.82, 2.24) is 4.98 Å². The van der Waals surface area contributed by atoms with E-state index in [1.807, 2.05) is 18.3 Å². The molecule has 2 aliphatic rings. The third-order valence-electron chi connectivity index (χ3n) is 6.62. The average Bonchev–Trinajstić information content (AvgIpc) is 2.88. The van der Waals surface area contributed by atoms with Crippen LogP contribution in [-0.4, -0.2) is 36.7 Å². The van der Waals surface area contributed by atoms with Gasteiger partial charge in [-0.25, -0.2) is 0 Å². The van der Waals surface area contributed by atoms with Crippen molar-refractivity contribution in [2.24, 2.45) is 0 Å². The number of nitrogens with zero attached hydrogens (tertiary/aromatic N) is 3. The van der Waals surface area contributed by atoms with Crippen molar-refractivity contribution in [1.29, 1.82) is 0 Å². The minimum Gasteiger partial charge on any atom is -0.512 e. The maximum Gasteiger partial charge on any atom is 0.200 e. The summed E-state index contributed by atoms with van der Waals surface area (Å²) in [5.74, 6) is -0.0625. The normalized spacial score (nSPS) is 12.9. The van der Waals surface area contributed by atoms with E-state index in [-0.39, 0.29) is 39.3 Å². The van der Waals surface area contributed by atoms with Crippen LogP contribution in [0.5, 0.6) is 0 Å². The number of anilines is 4. The van der Waals surface area contributed by atoms with E-state index in [4.69, 9.17) is 5.11 Å². The molecule has 7 heteroatoms. The number of carbonyl (C=O) groups excluding carboxylic acids is 1. The van der Waals surface area contributed by atoms with E-state index < -0.39 is 0 Å². The van der Waals surface area contributed by atoms with Crippen molar-refractivity contribution in [2.75, 3.05) is 23.9 Å². The minimum atomic E-state index is -0.125. The van der Waals surface area contributed by atoms with Gasteiger partial charge in [0.15, 0.2) is 12.5 Å². The molecule has 1 aromatic heterocycles. The molecular weight excluding hydrogens is 640 g/mol. The van der Waals surface area contributed by atoms with Gasteiger partial charge in [0.2, 0.25) is 0 Å². The van der Waals surface area contributed by atoms with Gasteiger partial charge in [0.1, 0.15) is 0 Å². The van der Waals surface area contributed by atoms with Gasteiger partial charge in [-0.05, 0) is 49.1 Å². The number of para-hydroxylation sites is 2. The number of pyridine rings is 1. The summed E-state index contributed by atoms with van der Waals surface area (Å²) >= 11 is 0. The number of hydrogen-bond acceptors (Lipinski definition) is 5. The first-order chi connectivity index (χ1) is 17.4. The van der Waals surface area contributed by atoms with Crippen LogP contribution in [-0.2, 0) is 25.9 Å². The first-order valence-electron chi connectivity index (χ1n) is 11.9. The summed E-state index contributed by atoms with van der Waals surface area (Å²) in [5.41, 5.74) is 10.9. The predicted octanol–water partition coefficient (Wildman–Crippen LogP) is 4.26. The van der Waals surface area contributed by atoms with Crippen LogP contribution in [0.1, 0.15) is 13.8 Å². The maximum absolute atomic E-state index is 10.0. The second-order valence-electron chi connectivity index (χ2n) is 9.11. The number of carbonyl (C=O) groups is 1. The molecule has 2 aliphatic heterocycles. The van der Waals surface area contributed by atoms with Gasteiger partial charge >= 0.3 is 0 Å². The molecule has 6 rings (SSSR count). The fourth-order valence-corrected chi connectivity index (χ4v) is 5.15. The summed E-state index contributed by atoms with van der Waals surface area (Å²) in [6.07, 6.45) is 3.01. The van der Waals surface area contributed by atoms with Crippen molar-refractivity contribution in [3.63, 3.8) is 0 Å². The third-order valence-corrected chi connectivity index (χ3v) is 6.62. The smallest absolute Gasteiger partial charge is 0.200 e. The second-order valence-corrected chi connectivity index (χ2v) is 9.11. The Labute approximate surface area is 232 Å².